The summed E-state index contributed by atoms with van der Waals surface area (Å²) in [6.07, 6.45) is 4.98. The molecule has 3 N–H and O–H groups in total. The molecule has 0 aliphatic carbocycles. The summed E-state index contributed by atoms with van der Waals surface area (Å²) in [5.41, 5.74) is 5.52. The average molecular weight is 597 g/mol. The van der Waals surface area contributed by atoms with Crippen LogP contribution in [-0.4, -0.2) is 43.4 Å². The van der Waals surface area contributed by atoms with Crippen LogP contribution < -0.4 is 30.4 Å². The van der Waals surface area contributed by atoms with Crippen LogP contribution in [0.2, 0.25) is 10.0 Å². The van der Waals surface area contributed by atoms with Gasteiger partial charge in [0.2, 0.25) is 0 Å². The third-order valence-electron chi connectivity index (χ3n) is 6.85. The lowest BCUT2D eigenvalue weighted by Gasteiger charge is -2.25. The molecule has 1 fully saturated rings. The molecule has 4 aromatic rings. The first kappa shape index (κ1) is 28.6. The summed E-state index contributed by atoms with van der Waals surface area (Å²) in [6.45, 7) is 7.00. The molecular formula is C30H31Cl2N5O4. The number of aromatic nitrogens is 2. The van der Waals surface area contributed by atoms with Crippen molar-refractivity contribution in [2.75, 3.05) is 38.1 Å². The highest BCUT2D eigenvalue weighted by molar-refractivity contribution is 6.41. The Bertz CT molecular complexity index is 1550. The Kier molecular flexibility index (Phi) is 8.87. The zero-order chi connectivity index (χ0) is 28.9. The summed E-state index contributed by atoms with van der Waals surface area (Å²) in [6, 6.07) is 11.5. The topological polar surface area (TPSA) is 98.8 Å². The number of nitrogens with zero attached hydrogens (tertiary/aromatic N) is 2. The van der Waals surface area contributed by atoms with Crippen LogP contribution in [0, 0.1) is 6.92 Å². The predicted octanol–water partition coefficient (Wildman–Crippen LogP) is 7.29. The van der Waals surface area contributed by atoms with Gasteiger partial charge >= 0.3 is 0 Å². The van der Waals surface area contributed by atoms with Gasteiger partial charge in [0.1, 0.15) is 23.1 Å². The Morgan fingerprint density at radius 1 is 1.02 bits per heavy atom. The van der Waals surface area contributed by atoms with E-state index in [1.807, 2.05) is 37.3 Å². The van der Waals surface area contributed by atoms with Gasteiger partial charge in [0.05, 0.1) is 35.6 Å². The molecule has 2 aromatic heterocycles. The quantitative estimate of drug-likeness (QED) is 0.163. The van der Waals surface area contributed by atoms with Crippen molar-refractivity contribution < 1.29 is 19.0 Å². The molecule has 0 radical (unpaired) electrons. The van der Waals surface area contributed by atoms with Crippen LogP contribution >= 0.6 is 23.2 Å². The third kappa shape index (κ3) is 6.07. The molecule has 0 saturated carbocycles. The van der Waals surface area contributed by atoms with E-state index in [1.165, 1.54) is 6.20 Å². The second-order valence-electron chi connectivity index (χ2n) is 9.46. The number of benzene rings is 2. The fourth-order valence-electron chi connectivity index (χ4n) is 4.72. The number of pyridine rings is 2. The van der Waals surface area contributed by atoms with Gasteiger partial charge in [-0.05, 0) is 43.5 Å². The maximum Gasteiger partial charge on any atom is 0.178 e. The normalized spacial score (nSPS) is 13.5. The molecule has 3 heterocycles. The summed E-state index contributed by atoms with van der Waals surface area (Å²) in [5.74, 6) is 2.78. The fraction of sp³-hybridized carbons (Fsp3) is 0.267. The summed E-state index contributed by atoms with van der Waals surface area (Å²) in [7, 11) is 3.09. The van der Waals surface area contributed by atoms with Gasteiger partial charge < -0.3 is 29.7 Å². The first-order valence-electron chi connectivity index (χ1n) is 13.1. The molecule has 0 spiro atoms. The molecule has 41 heavy (non-hydrogen) atoms. The maximum absolute atomic E-state index is 6.76. The minimum Gasteiger partial charge on any atom is -0.495 e. The highest BCUT2D eigenvalue weighted by atomic mass is 35.5. The van der Waals surface area contributed by atoms with E-state index in [4.69, 9.17) is 52.2 Å². The van der Waals surface area contributed by atoms with Gasteiger partial charge in [0, 0.05) is 54.1 Å². The van der Waals surface area contributed by atoms with Crippen molar-refractivity contribution in [1.29, 1.82) is 0 Å². The van der Waals surface area contributed by atoms with Crippen molar-refractivity contribution in [2.24, 2.45) is 0 Å². The van der Waals surface area contributed by atoms with E-state index >= 15 is 0 Å². The molecule has 1 aliphatic heterocycles. The zero-order valence-electron chi connectivity index (χ0n) is 23.0. The number of hydrogen-bond donors (Lipinski definition) is 3. The highest BCUT2D eigenvalue weighted by Crippen LogP contribution is 2.46. The number of hydroxylamine groups is 1. The number of para-hydroxylation sites is 1. The second-order valence-corrected chi connectivity index (χ2v) is 10.2. The molecule has 5 rings (SSSR count). The fourth-order valence-corrected chi connectivity index (χ4v) is 5.41. The van der Waals surface area contributed by atoms with Crippen LogP contribution in [-0.2, 0) is 4.74 Å². The molecule has 2 aromatic carbocycles. The number of methoxy groups -OCH3 is 2. The van der Waals surface area contributed by atoms with Crippen LogP contribution in [0.5, 0.6) is 17.2 Å². The van der Waals surface area contributed by atoms with Crippen molar-refractivity contribution in [3.8, 4) is 28.5 Å². The van der Waals surface area contributed by atoms with E-state index < -0.39 is 0 Å². The summed E-state index contributed by atoms with van der Waals surface area (Å²) in [4.78, 5) is 15.4. The molecule has 11 heteroatoms. The van der Waals surface area contributed by atoms with Crippen molar-refractivity contribution in [2.45, 2.75) is 25.8 Å². The molecule has 0 amide bonds. The molecule has 0 atom stereocenters. The largest absolute Gasteiger partial charge is 0.495 e. The highest BCUT2D eigenvalue weighted by Gasteiger charge is 2.23. The average Bonchev–Trinajstić information content (AvgIpc) is 2.98. The minimum atomic E-state index is 0.186. The standard InChI is InChI=1S/C30H31Cl2N5O4/c1-5-34-41-22-8-6-7-17(2)29(22)37-25-14-20-18(16-33-25)13-21(36-30(20)35-19-9-11-40-12-10-19)26-27(31)23(38-3)15-24(39-4)28(26)32/h5-8,13-16,19,34H,1,9-12H2,2-4H3,(H,33,37)(H,35,36). The van der Waals surface area contributed by atoms with Crippen molar-refractivity contribution in [1.82, 2.24) is 15.4 Å². The number of aryl methyl sites for hydroxylation is 1. The second kappa shape index (κ2) is 12.7. The molecular weight excluding hydrogens is 565 g/mol. The molecule has 214 valence electrons. The number of ether oxygens (including phenoxy) is 3. The van der Waals surface area contributed by atoms with E-state index in [9.17, 15) is 0 Å². The van der Waals surface area contributed by atoms with Crippen LogP contribution in [0.1, 0.15) is 18.4 Å². The number of halogens is 2. The van der Waals surface area contributed by atoms with Gasteiger partial charge in [0.15, 0.2) is 5.75 Å². The zero-order valence-corrected chi connectivity index (χ0v) is 24.5. The monoisotopic (exact) mass is 595 g/mol. The lowest BCUT2D eigenvalue weighted by molar-refractivity contribution is 0.0904. The number of nitrogens with one attached hydrogen (secondary N) is 3. The van der Waals surface area contributed by atoms with Crippen LogP contribution in [0.15, 0.2) is 55.4 Å². The molecule has 0 unspecified atom stereocenters. The van der Waals surface area contributed by atoms with Crippen LogP contribution in [0.25, 0.3) is 22.0 Å². The Morgan fingerprint density at radius 3 is 2.44 bits per heavy atom. The van der Waals surface area contributed by atoms with Gasteiger partial charge in [0.25, 0.3) is 0 Å². The number of fused-ring (bicyclic) bond motifs is 1. The lowest BCUT2D eigenvalue weighted by Crippen LogP contribution is -2.28. The number of anilines is 3. The number of hydrogen-bond acceptors (Lipinski definition) is 9. The lowest BCUT2D eigenvalue weighted by atomic mass is 10.1. The molecule has 9 nitrogen and oxygen atoms in total. The predicted molar refractivity (Wildman–Crippen MR) is 164 cm³/mol. The van der Waals surface area contributed by atoms with E-state index in [0.29, 0.717) is 63.4 Å². The van der Waals surface area contributed by atoms with Crippen molar-refractivity contribution in [3.05, 3.63) is 71.0 Å². The molecule has 0 bridgehead atoms. The Labute approximate surface area is 248 Å². The van der Waals surface area contributed by atoms with E-state index in [2.05, 4.69) is 22.7 Å². The van der Waals surface area contributed by atoms with E-state index in [0.717, 1.165) is 34.9 Å². The molecule has 1 aliphatic rings. The first-order valence-corrected chi connectivity index (χ1v) is 13.8. The third-order valence-corrected chi connectivity index (χ3v) is 7.60. The van der Waals surface area contributed by atoms with Crippen LogP contribution in [0.4, 0.5) is 17.3 Å². The number of rotatable bonds is 10. The Morgan fingerprint density at radius 2 is 1.76 bits per heavy atom. The van der Waals surface area contributed by atoms with Crippen molar-refractivity contribution in [3.63, 3.8) is 0 Å². The Hall–Kier alpha value is -3.92. The smallest absolute Gasteiger partial charge is 0.178 e. The van der Waals surface area contributed by atoms with Gasteiger partial charge in [-0.3, -0.25) is 0 Å². The van der Waals surface area contributed by atoms with Crippen molar-refractivity contribution >= 4 is 51.3 Å². The summed E-state index contributed by atoms with van der Waals surface area (Å²) in [5, 5.41) is 9.44. The van der Waals surface area contributed by atoms with E-state index in [1.54, 1.807) is 26.5 Å². The van der Waals surface area contributed by atoms with Gasteiger partial charge in [-0.2, -0.15) is 0 Å². The van der Waals surface area contributed by atoms with Gasteiger partial charge in [-0.15, -0.1) is 0 Å². The Balaban J connectivity index is 1.63. The molecule has 1 saturated heterocycles. The van der Waals surface area contributed by atoms with Gasteiger partial charge in [-0.25, -0.2) is 15.4 Å². The minimum absolute atomic E-state index is 0.186. The SMILES string of the molecule is C=CNOc1cccc(C)c1Nc1cc2c(NC3CCOCC3)nc(-c3c(Cl)c(OC)cc(OC)c3Cl)cc2cn1. The summed E-state index contributed by atoms with van der Waals surface area (Å²) < 4.78 is 16.6. The van der Waals surface area contributed by atoms with E-state index in [-0.39, 0.29) is 6.04 Å². The summed E-state index contributed by atoms with van der Waals surface area (Å²) >= 11 is 13.5. The van der Waals surface area contributed by atoms with Gasteiger partial charge in [-0.1, -0.05) is 41.9 Å². The van der Waals surface area contributed by atoms with Crippen LogP contribution in [0.3, 0.4) is 0 Å². The maximum atomic E-state index is 6.76. The first-order chi connectivity index (χ1) is 19.9.